The quantitative estimate of drug-likeness (QED) is 0.364. The molecule has 3 aromatic carbocycles. The van der Waals surface area contributed by atoms with E-state index >= 15 is 0 Å². The van der Waals surface area contributed by atoms with Gasteiger partial charge < -0.3 is 0 Å². The minimum absolute atomic E-state index is 0.806. The number of fused-ring (bicyclic) bond motifs is 6. The van der Waals surface area contributed by atoms with Gasteiger partial charge in [0.05, 0.1) is 0 Å². The second-order valence-corrected chi connectivity index (χ2v) is 7.83. The maximum Gasteiger partial charge on any atom is 0.113 e. The minimum atomic E-state index is 0.806. The third-order valence-electron chi connectivity index (χ3n) is 6.06. The molecule has 0 atom stereocenters. The molecule has 0 fully saturated rings. The first-order chi connectivity index (χ1) is 14.8. The standard InChI is InChI=1S/C21H15N9/c1-10-4-16-18(24-28-22-16)6-12(10)2-14-8-20-21(27-30-26-20)9-15(14)3-13-7-19-17(5-11(1)13)23-29-25-19/h4-9H,1-3H2,(H,22,24,28)(H,23,25,29)(H,26,27,30). The molecule has 0 saturated carbocycles. The van der Waals surface area contributed by atoms with Crippen molar-refractivity contribution < 1.29 is 0 Å². The lowest BCUT2D eigenvalue weighted by atomic mass is 9.94. The van der Waals surface area contributed by atoms with Gasteiger partial charge in [0.15, 0.2) is 0 Å². The van der Waals surface area contributed by atoms with E-state index in [9.17, 15) is 0 Å². The van der Waals surface area contributed by atoms with Crippen molar-refractivity contribution in [2.45, 2.75) is 19.3 Å². The lowest BCUT2D eigenvalue weighted by Crippen LogP contribution is -1.98. The normalized spacial score (nSPS) is 13.6. The number of hydrogen-bond donors (Lipinski definition) is 3. The third-order valence-corrected chi connectivity index (χ3v) is 6.06. The van der Waals surface area contributed by atoms with Crippen molar-refractivity contribution in [3.63, 3.8) is 0 Å². The van der Waals surface area contributed by atoms with Gasteiger partial charge in [0.2, 0.25) is 0 Å². The summed E-state index contributed by atoms with van der Waals surface area (Å²) in [6.07, 6.45) is 2.42. The van der Waals surface area contributed by atoms with E-state index in [4.69, 9.17) is 0 Å². The molecule has 0 amide bonds. The van der Waals surface area contributed by atoms with Crippen LogP contribution in [0.2, 0.25) is 0 Å². The Kier molecular flexibility index (Phi) is 2.99. The lowest BCUT2D eigenvalue weighted by Gasteiger charge is -2.10. The van der Waals surface area contributed by atoms with Crippen LogP contribution in [0.4, 0.5) is 0 Å². The minimum Gasteiger partial charge on any atom is -0.197 e. The molecule has 30 heavy (non-hydrogen) atoms. The van der Waals surface area contributed by atoms with Crippen molar-refractivity contribution in [3.8, 4) is 0 Å². The number of benzene rings is 3. The van der Waals surface area contributed by atoms with Crippen LogP contribution in [0.15, 0.2) is 36.4 Å². The topological polar surface area (TPSA) is 125 Å². The van der Waals surface area contributed by atoms with E-state index in [-0.39, 0.29) is 0 Å². The highest BCUT2D eigenvalue weighted by Gasteiger charge is 2.19. The van der Waals surface area contributed by atoms with Crippen LogP contribution in [0, 0.1) is 0 Å². The summed E-state index contributed by atoms with van der Waals surface area (Å²) in [7, 11) is 0. The molecule has 0 unspecified atom stereocenters. The van der Waals surface area contributed by atoms with E-state index in [1.165, 1.54) is 33.4 Å². The summed E-state index contributed by atoms with van der Waals surface area (Å²) in [6, 6.07) is 12.9. The van der Waals surface area contributed by atoms with E-state index in [0.717, 1.165) is 52.4 Å². The Morgan fingerprint density at radius 3 is 0.767 bits per heavy atom. The highest BCUT2D eigenvalue weighted by molar-refractivity contribution is 5.80. The molecule has 3 heterocycles. The van der Waals surface area contributed by atoms with Crippen LogP contribution in [-0.4, -0.2) is 46.2 Å². The zero-order valence-electron chi connectivity index (χ0n) is 15.8. The monoisotopic (exact) mass is 393 g/mol. The lowest BCUT2D eigenvalue weighted by molar-refractivity contribution is 0.959. The predicted octanol–water partition coefficient (Wildman–Crippen LogP) is 2.59. The predicted molar refractivity (Wildman–Crippen MR) is 110 cm³/mol. The fraction of sp³-hybridized carbons (Fsp3) is 0.143. The van der Waals surface area contributed by atoms with Crippen LogP contribution in [0.25, 0.3) is 33.1 Å². The Hall–Kier alpha value is -4.14. The summed E-state index contributed by atoms with van der Waals surface area (Å²) >= 11 is 0. The number of hydrogen-bond acceptors (Lipinski definition) is 6. The smallest absolute Gasteiger partial charge is 0.113 e. The molecule has 6 aromatic rings. The van der Waals surface area contributed by atoms with Crippen molar-refractivity contribution in [2.24, 2.45) is 0 Å². The molecule has 0 radical (unpaired) electrons. The number of aromatic nitrogens is 9. The second kappa shape index (κ2) is 5.69. The summed E-state index contributed by atoms with van der Waals surface area (Å²) in [5.41, 5.74) is 12.7. The van der Waals surface area contributed by atoms with Gasteiger partial charge in [0.1, 0.15) is 33.1 Å². The van der Waals surface area contributed by atoms with Crippen LogP contribution in [0.5, 0.6) is 0 Å². The van der Waals surface area contributed by atoms with Crippen LogP contribution < -0.4 is 0 Å². The van der Waals surface area contributed by atoms with Crippen molar-refractivity contribution in [2.75, 3.05) is 0 Å². The van der Waals surface area contributed by atoms with Gasteiger partial charge in [-0.2, -0.15) is 46.2 Å². The van der Waals surface area contributed by atoms with Gasteiger partial charge in [-0.15, -0.1) is 0 Å². The van der Waals surface area contributed by atoms with Crippen molar-refractivity contribution in [1.29, 1.82) is 0 Å². The largest absolute Gasteiger partial charge is 0.197 e. The Morgan fingerprint density at radius 2 is 0.567 bits per heavy atom. The van der Waals surface area contributed by atoms with Gasteiger partial charge in [0, 0.05) is 0 Å². The van der Waals surface area contributed by atoms with E-state index in [0.29, 0.717) is 0 Å². The summed E-state index contributed by atoms with van der Waals surface area (Å²) in [5.74, 6) is 0. The number of nitrogens with zero attached hydrogens (tertiary/aromatic N) is 6. The highest BCUT2D eigenvalue weighted by Crippen LogP contribution is 2.31. The van der Waals surface area contributed by atoms with Gasteiger partial charge in [0.25, 0.3) is 0 Å². The second-order valence-electron chi connectivity index (χ2n) is 7.83. The maximum atomic E-state index is 4.29. The summed E-state index contributed by atoms with van der Waals surface area (Å²) in [4.78, 5) is 0. The molecule has 0 bridgehead atoms. The van der Waals surface area contributed by atoms with Crippen molar-refractivity contribution in [1.82, 2.24) is 46.2 Å². The summed E-state index contributed by atoms with van der Waals surface area (Å²) in [5, 5.41) is 34.0. The number of rotatable bonds is 0. The Bertz CT molecular complexity index is 1290. The molecular weight excluding hydrogens is 378 g/mol. The van der Waals surface area contributed by atoms with Crippen LogP contribution in [0.3, 0.4) is 0 Å². The van der Waals surface area contributed by atoms with E-state index in [1.807, 2.05) is 0 Å². The van der Waals surface area contributed by atoms with E-state index in [2.05, 4.69) is 82.6 Å². The third kappa shape index (κ3) is 2.29. The molecule has 9 heteroatoms. The molecule has 0 spiro atoms. The van der Waals surface area contributed by atoms with Crippen molar-refractivity contribution in [3.05, 3.63) is 69.8 Å². The van der Waals surface area contributed by atoms with Gasteiger partial charge in [-0.3, -0.25) is 0 Å². The first-order valence-electron chi connectivity index (χ1n) is 9.77. The molecule has 0 saturated heterocycles. The van der Waals surface area contributed by atoms with Gasteiger partial charge in [-0.25, -0.2) is 0 Å². The number of aromatic amines is 3. The molecule has 3 aromatic heterocycles. The SMILES string of the molecule is c1c2c(cc3n[nH]nc13)Cc1cc3n[nH]nc3cc1Cc1cc3n[nH]nc3cc1C2. The maximum absolute atomic E-state index is 4.29. The average molecular weight is 393 g/mol. The molecule has 9 nitrogen and oxygen atoms in total. The molecule has 0 aliphatic heterocycles. The zero-order valence-corrected chi connectivity index (χ0v) is 15.8. The fourth-order valence-corrected chi connectivity index (χ4v) is 4.53. The van der Waals surface area contributed by atoms with Gasteiger partial charge in [-0.1, -0.05) is 0 Å². The summed E-state index contributed by atoms with van der Waals surface area (Å²) < 4.78 is 0. The fourth-order valence-electron chi connectivity index (χ4n) is 4.53. The molecule has 1 aliphatic rings. The zero-order chi connectivity index (χ0) is 19.7. The Morgan fingerprint density at radius 1 is 0.367 bits per heavy atom. The molecule has 7 rings (SSSR count). The molecular formula is C21H15N9. The van der Waals surface area contributed by atoms with E-state index in [1.54, 1.807) is 0 Å². The Labute approximate surface area is 168 Å². The Balaban J connectivity index is 1.54. The first kappa shape index (κ1) is 15.7. The van der Waals surface area contributed by atoms with Crippen LogP contribution >= 0.6 is 0 Å². The molecule has 1 aliphatic carbocycles. The van der Waals surface area contributed by atoms with Gasteiger partial charge in [-0.05, 0) is 89.0 Å². The van der Waals surface area contributed by atoms with E-state index < -0.39 is 0 Å². The van der Waals surface area contributed by atoms with Crippen LogP contribution in [-0.2, 0) is 19.3 Å². The van der Waals surface area contributed by atoms with Crippen LogP contribution in [0.1, 0.15) is 33.4 Å². The highest BCUT2D eigenvalue weighted by atomic mass is 15.3. The number of nitrogens with one attached hydrogen (secondary N) is 3. The van der Waals surface area contributed by atoms with Gasteiger partial charge >= 0.3 is 0 Å². The molecule has 3 N–H and O–H groups in total. The summed E-state index contributed by atoms with van der Waals surface area (Å²) in [6.45, 7) is 0. The first-order valence-corrected chi connectivity index (χ1v) is 9.77. The average Bonchev–Trinajstić information content (AvgIpc) is 3.48. The van der Waals surface area contributed by atoms with Crippen molar-refractivity contribution >= 4 is 33.1 Å². The molecule has 144 valence electrons. The number of H-pyrrole nitrogens is 3.